The first-order valence-corrected chi connectivity index (χ1v) is 10.4. The van der Waals surface area contributed by atoms with Gasteiger partial charge in [0, 0.05) is 37.2 Å². The Bertz CT molecular complexity index is 706. The number of nitrogens with zero attached hydrogens (tertiary/aromatic N) is 2. The van der Waals surface area contributed by atoms with E-state index in [0.29, 0.717) is 18.9 Å². The average Bonchev–Trinajstić information content (AvgIpc) is 2.98. The van der Waals surface area contributed by atoms with Crippen molar-refractivity contribution >= 4 is 36.6 Å². The van der Waals surface area contributed by atoms with Gasteiger partial charge in [-0.15, -0.1) is 24.8 Å². The number of aromatic nitrogens is 2. The zero-order chi connectivity index (χ0) is 19.0. The fourth-order valence-electron chi connectivity index (χ4n) is 5.37. The van der Waals surface area contributed by atoms with Crippen LogP contribution in [0.25, 0.3) is 0 Å². The van der Waals surface area contributed by atoms with E-state index >= 15 is 0 Å². The fraction of sp³-hybridized carbons (Fsp3) is 0.750. The van der Waals surface area contributed by atoms with Crippen LogP contribution in [0.1, 0.15) is 49.1 Å². The van der Waals surface area contributed by atoms with Crippen LogP contribution in [0.5, 0.6) is 0 Å². The van der Waals surface area contributed by atoms with Gasteiger partial charge in [0.25, 0.3) is 0 Å². The molecule has 29 heavy (non-hydrogen) atoms. The number of hydrogen-bond acceptors (Lipinski definition) is 4. The molecule has 3 aliphatic heterocycles. The minimum Gasteiger partial charge on any atom is -0.354 e. The van der Waals surface area contributed by atoms with Crippen LogP contribution in [0, 0.1) is 25.7 Å². The number of carbonyl (C=O) groups excluding carboxylic acids is 2. The van der Waals surface area contributed by atoms with Gasteiger partial charge in [0.1, 0.15) is 6.04 Å². The van der Waals surface area contributed by atoms with Crippen LogP contribution in [0.15, 0.2) is 0 Å². The number of amides is 2. The molecule has 2 bridgehead atoms. The van der Waals surface area contributed by atoms with Gasteiger partial charge >= 0.3 is 0 Å². The number of carbonyl (C=O) groups is 2. The summed E-state index contributed by atoms with van der Waals surface area (Å²) in [5, 5.41) is 13.8. The lowest BCUT2D eigenvalue weighted by Crippen LogP contribution is -2.68. The highest BCUT2D eigenvalue weighted by Gasteiger charge is 2.50. The highest BCUT2D eigenvalue weighted by atomic mass is 35.5. The van der Waals surface area contributed by atoms with Gasteiger partial charge in [-0.25, -0.2) is 0 Å². The van der Waals surface area contributed by atoms with E-state index in [1.54, 1.807) is 0 Å². The molecule has 1 aromatic rings. The van der Waals surface area contributed by atoms with Gasteiger partial charge in [-0.05, 0) is 64.0 Å². The first-order chi connectivity index (χ1) is 13.1. The van der Waals surface area contributed by atoms with Crippen molar-refractivity contribution in [3.05, 3.63) is 17.0 Å². The number of H-pyrrole nitrogens is 1. The lowest BCUT2D eigenvalue weighted by molar-refractivity contribution is -0.157. The van der Waals surface area contributed by atoms with E-state index < -0.39 is 0 Å². The first kappa shape index (κ1) is 24.0. The number of rotatable bonds is 5. The van der Waals surface area contributed by atoms with Crippen LogP contribution in [0.4, 0.5) is 0 Å². The van der Waals surface area contributed by atoms with E-state index in [1.165, 1.54) is 5.56 Å². The van der Waals surface area contributed by atoms with E-state index in [0.717, 1.165) is 56.6 Å². The molecule has 0 aliphatic carbocycles. The second-order valence-electron chi connectivity index (χ2n) is 8.43. The maximum absolute atomic E-state index is 13.0. The molecule has 4 rings (SSSR count). The third-order valence-corrected chi connectivity index (χ3v) is 6.70. The Balaban J connectivity index is 0.00000150. The Morgan fingerprint density at radius 3 is 2.72 bits per heavy atom. The predicted octanol–water partition coefficient (Wildman–Crippen LogP) is 1.91. The summed E-state index contributed by atoms with van der Waals surface area (Å²) >= 11 is 0. The molecule has 9 heteroatoms. The number of nitrogens with one attached hydrogen (secondary N) is 3. The van der Waals surface area contributed by atoms with Crippen molar-refractivity contribution in [1.82, 2.24) is 25.7 Å². The summed E-state index contributed by atoms with van der Waals surface area (Å²) in [6.07, 6.45) is 5.42. The summed E-state index contributed by atoms with van der Waals surface area (Å²) in [5.41, 5.74) is 3.38. The van der Waals surface area contributed by atoms with Gasteiger partial charge < -0.3 is 15.5 Å². The summed E-state index contributed by atoms with van der Waals surface area (Å²) in [5.74, 6) is 0.945. The van der Waals surface area contributed by atoms with E-state index in [-0.39, 0.29) is 54.6 Å². The van der Waals surface area contributed by atoms with E-state index in [9.17, 15) is 9.59 Å². The summed E-state index contributed by atoms with van der Waals surface area (Å²) < 4.78 is 0. The lowest BCUT2D eigenvalue weighted by atomic mass is 9.72. The number of fused-ring (bicyclic) bond motifs is 4. The molecule has 0 aromatic carbocycles. The smallest absolute Gasteiger partial charge is 0.243 e. The molecule has 3 fully saturated rings. The maximum atomic E-state index is 13.0. The minimum absolute atomic E-state index is 0. The highest BCUT2D eigenvalue weighted by molar-refractivity contribution is 5.89. The summed E-state index contributed by atoms with van der Waals surface area (Å²) in [6, 6.07) is -0.0634. The molecular formula is C20H33Cl2N5O2. The van der Waals surface area contributed by atoms with Crippen LogP contribution in [0.3, 0.4) is 0 Å². The Kier molecular flexibility index (Phi) is 8.37. The van der Waals surface area contributed by atoms with E-state index in [2.05, 4.69) is 20.8 Å². The van der Waals surface area contributed by atoms with Gasteiger partial charge in [-0.2, -0.15) is 5.10 Å². The van der Waals surface area contributed by atoms with Crippen molar-refractivity contribution in [2.75, 3.05) is 19.6 Å². The molecule has 3 saturated heterocycles. The van der Waals surface area contributed by atoms with Crippen molar-refractivity contribution in [3.8, 4) is 0 Å². The van der Waals surface area contributed by atoms with Gasteiger partial charge in [-0.3, -0.25) is 14.7 Å². The first-order valence-electron chi connectivity index (χ1n) is 10.4. The number of aryl methyl sites for hydroxylation is 2. The lowest BCUT2D eigenvalue weighted by Gasteiger charge is -2.53. The standard InChI is InChI=1S/C20H31N5O2.2ClH/c1-12-16(13(2)24-23-12)5-4-8-22-20(27)19-15-9-14(10-21-11-15)17-6-3-7-18(26)25(17)19;;/h14-15,17,19,21H,3-11H2,1-2H3,(H,22,27)(H,23,24);2*1H/t14-,15+,17+,19-;;/m1../s1. The maximum Gasteiger partial charge on any atom is 0.243 e. The van der Waals surface area contributed by atoms with Gasteiger partial charge in [0.2, 0.25) is 11.8 Å². The molecule has 0 unspecified atom stereocenters. The van der Waals surface area contributed by atoms with Crippen molar-refractivity contribution in [1.29, 1.82) is 0 Å². The van der Waals surface area contributed by atoms with E-state index in [1.807, 2.05) is 18.7 Å². The predicted molar refractivity (Wildman–Crippen MR) is 117 cm³/mol. The SMILES string of the molecule is Cc1n[nH]c(C)c1CCCNC(=O)[C@H]1[C@@H]2CNC[C@@H](C2)[C@@H]2CCCC(=O)N21.Cl.Cl. The Morgan fingerprint density at radius 1 is 1.24 bits per heavy atom. The fourth-order valence-corrected chi connectivity index (χ4v) is 5.37. The van der Waals surface area contributed by atoms with Crippen molar-refractivity contribution in [3.63, 3.8) is 0 Å². The second kappa shape index (κ2) is 10.1. The average molecular weight is 446 g/mol. The number of halogens is 2. The Morgan fingerprint density at radius 2 is 2.00 bits per heavy atom. The van der Waals surface area contributed by atoms with Crippen LogP contribution in [0.2, 0.25) is 0 Å². The number of aromatic amines is 1. The van der Waals surface area contributed by atoms with Crippen LogP contribution in [-0.2, 0) is 16.0 Å². The molecule has 0 saturated carbocycles. The van der Waals surface area contributed by atoms with Crippen molar-refractivity contribution < 1.29 is 9.59 Å². The molecule has 3 aliphatic rings. The summed E-state index contributed by atoms with van der Waals surface area (Å²) in [6.45, 7) is 6.48. The third kappa shape index (κ3) is 4.72. The van der Waals surface area contributed by atoms with Gasteiger partial charge in [0.15, 0.2) is 0 Å². The molecule has 0 radical (unpaired) electrons. The van der Waals surface area contributed by atoms with Crippen LogP contribution in [-0.4, -0.2) is 58.6 Å². The topological polar surface area (TPSA) is 90.1 Å². The minimum atomic E-state index is -0.302. The molecule has 1 aromatic heterocycles. The monoisotopic (exact) mass is 445 g/mol. The zero-order valence-corrected chi connectivity index (χ0v) is 18.8. The Labute approximate surface area is 185 Å². The third-order valence-electron chi connectivity index (χ3n) is 6.70. The molecule has 4 atom stereocenters. The van der Waals surface area contributed by atoms with Crippen molar-refractivity contribution in [2.45, 2.75) is 64.5 Å². The summed E-state index contributed by atoms with van der Waals surface area (Å²) in [7, 11) is 0. The normalized spacial score (nSPS) is 28.1. The highest BCUT2D eigenvalue weighted by Crippen LogP contribution is 2.39. The largest absolute Gasteiger partial charge is 0.354 e. The van der Waals surface area contributed by atoms with Crippen LogP contribution < -0.4 is 10.6 Å². The molecule has 2 amide bonds. The van der Waals surface area contributed by atoms with Gasteiger partial charge in [-0.1, -0.05) is 0 Å². The molecule has 3 N–H and O–H groups in total. The number of piperidine rings is 3. The van der Waals surface area contributed by atoms with Crippen molar-refractivity contribution in [2.24, 2.45) is 11.8 Å². The van der Waals surface area contributed by atoms with Gasteiger partial charge in [0.05, 0.1) is 5.69 Å². The molecule has 164 valence electrons. The molecule has 7 nitrogen and oxygen atoms in total. The zero-order valence-electron chi connectivity index (χ0n) is 17.2. The molecular weight excluding hydrogens is 413 g/mol. The number of hydrogen-bond donors (Lipinski definition) is 3. The Hall–Kier alpha value is -1.31. The summed E-state index contributed by atoms with van der Waals surface area (Å²) in [4.78, 5) is 27.7. The molecule has 4 heterocycles. The van der Waals surface area contributed by atoms with E-state index in [4.69, 9.17) is 0 Å². The quantitative estimate of drug-likeness (QED) is 0.603. The second-order valence-corrected chi connectivity index (χ2v) is 8.43. The molecule has 0 spiro atoms. The van der Waals surface area contributed by atoms with Crippen LogP contribution >= 0.6 is 24.8 Å².